The molecule has 1 aliphatic heterocycles. The fourth-order valence-electron chi connectivity index (χ4n) is 3.32. The van der Waals surface area contributed by atoms with Gasteiger partial charge in [-0.3, -0.25) is 4.79 Å². The van der Waals surface area contributed by atoms with Gasteiger partial charge < -0.3 is 4.90 Å². The molecule has 1 atom stereocenters. The van der Waals surface area contributed by atoms with E-state index in [4.69, 9.17) is 0 Å². The first-order valence-corrected chi connectivity index (χ1v) is 8.67. The first-order chi connectivity index (χ1) is 11.5. The van der Waals surface area contributed by atoms with E-state index in [2.05, 4.69) is 60.6 Å². The minimum atomic E-state index is -0.445. The van der Waals surface area contributed by atoms with Gasteiger partial charge in [-0.05, 0) is 42.7 Å². The lowest BCUT2D eigenvalue weighted by atomic mass is 9.97. The number of carbonyl (C=O) groups is 1. The molecule has 2 heterocycles. The van der Waals surface area contributed by atoms with Crippen molar-refractivity contribution in [1.82, 2.24) is 25.1 Å². The highest BCUT2D eigenvalue weighted by molar-refractivity contribution is 5.79. The lowest BCUT2D eigenvalue weighted by Gasteiger charge is -2.34. The molecule has 128 valence electrons. The Bertz CT molecular complexity index is 708. The van der Waals surface area contributed by atoms with Crippen LogP contribution in [0.25, 0.3) is 0 Å². The van der Waals surface area contributed by atoms with E-state index in [1.165, 1.54) is 5.56 Å². The lowest BCUT2D eigenvalue weighted by Crippen LogP contribution is -2.42. The van der Waals surface area contributed by atoms with E-state index < -0.39 is 5.54 Å². The lowest BCUT2D eigenvalue weighted by molar-refractivity contribution is -0.132. The number of tetrazole rings is 1. The van der Waals surface area contributed by atoms with Crippen LogP contribution in [0.3, 0.4) is 0 Å². The number of aryl methyl sites for hydroxylation is 2. The van der Waals surface area contributed by atoms with Crippen molar-refractivity contribution in [2.75, 3.05) is 0 Å². The molecule has 1 saturated heterocycles. The number of amides is 1. The number of aromatic nitrogens is 4. The van der Waals surface area contributed by atoms with Crippen molar-refractivity contribution in [2.45, 2.75) is 65.1 Å². The maximum Gasteiger partial charge on any atom is 0.223 e. The van der Waals surface area contributed by atoms with E-state index in [0.29, 0.717) is 13.0 Å². The Labute approximate surface area is 142 Å². The van der Waals surface area contributed by atoms with Gasteiger partial charge in [-0.1, -0.05) is 43.2 Å². The quantitative estimate of drug-likeness (QED) is 0.818. The standard InChI is InChI=1S/C18H25N5O/c1-4-5-12-23-17(19-20-21-23)18(3)11-10-16(24)22(18)13-15-8-6-14(2)7-9-15/h6-9H,4-5,10-13H2,1-3H3. The van der Waals surface area contributed by atoms with Gasteiger partial charge in [0.15, 0.2) is 5.82 Å². The SMILES string of the molecule is CCCCn1nnnc1C1(C)CCC(=O)N1Cc1ccc(C)cc1. The third-order valence-electron chi connectivity index (χ3n) is 4.92. The van der Waals surface area contributed by atoms with Crippen LogP contribution in [0, 0.1) is 6.92 Å². The summed E-state index contributed by atoms with van der Waals surface area (Å²) in [6, 6.07) is 8.33. The van der Waals surface area contributed by atoms with Crippen molar-refractivity contribution in [3.63, 3.8) is 0 Å². The summed E-state index contributed by atoms with van der Waals surface area (Å²) in [6.07, 6.45) is 3.41. The average Bonchev–Trinajstić information content (AvgIpc) is 3.16. The van der Waals surface area contributed by atoms with Gasteiger partial charge in [-0.2, -0.15) is 0 Å². The number of rotatable bonds is 6. The van der Waals surface area contributed by atoms with Crippen LogP contribution in [0.15, 0.2) is 24.3 Å². The Hall–Kier alpha value is -2.24. The third-order valence-corrected chi connectivity index (χ3v) is 4.92. The second-order valence-electron chi connectivity index (χ2n) is 6.82. The van der Waals surface area contributed by atoms with Gasteiger partial charge in [-0.25, -0.2) is 4.68 Å². The van der Waals surface area contributed by atoms with Crippen molar-refractivity contribution in [3.8, 4) is 0 Å². The maximum absolute atomic E-state index is 12.5. The Morgan fingerprint density at radius 1 is 1.25 bits per heavy atom. The summed E-state index contributed by atoms with van der Waals surface area (Å²) in [7, 11) is 0. The Morgan fingerprint density at radius 2 is 2.00 bits per heavy atom. The van der Waals surface area contributed by atoms with Crippen LogP contribution in [0.5, 0.6) is 0 Å². The molecule has 0 spiro atoms. The number of hydrogen-bond donors (Lipinski definition) is 0. The van der Waals surface area contributed by atoms with Gasteiger partial charge in [0, 0.05) is 19.5 Å². The van der Waals surface area contributed by atoms with Gasteiger partial charge in [-0.15, -0.1) is 5.10 Å². The molecule has 24 heavy (non-hydrogen) atoms. The van der Waals surface area contributed by atoms with Gasteiger partial charge in [0.25, 0.3) is 0 Å². The van der Waals surface area contributed by atoms with Crippen molar-refractivity contribution >= 4 is 5.91 Å². The van der Waals surface area contributed by atoms with Gasteiger partial charge in [0.2, 0.25) is 5.91 Å². The summed E-state index contributed by atoms with van der Waals surface area (Å²) < 4.78 is 1.87. The van der Waals surface area contributed by atoms with Crippen LogP contribution in [0.1, 0.15) is 56.5 Å². The molecular formula is C18H25N5O. The minimum Gasteiger partial charge on any atom is -0.326 e. The van der Waals surface area contributed by atoms with E-state index in [0.717, 1.165) is 37.2 Å². The Kier molecular flexibility index (Phi) is 4.64. The van der Waals surface area contributed by atoms with Crippen molar-refractivity contribution in [2.24, 2.45) is 0 Å². The molecule has 1 aliphatic rings. The van der Waals surface area contributed by atoms with E-state index in [9.17, 15) is 4.79 Å². The number of nitrogens with zero attached hydrogens (tertiary/aromatic N) is 5. The molecule has 1 aromatic carbocycles. The second-order valence-corrected chi connectivity index (χ2v) is 6.82. The molecule has 1 amide bonds. The number of benzene rings is 1. The van der Waals surface area contributed by atoms with Gasteiger partial charge in [0.1, 0.15) is 5.54 Å². The van der Waals surface area contributed by atoms with Crippen molar-refractivity contribution < 1.29 is 4.79 Å². The Morgan fingerprint density at radius 3 is 2.71 bits per heavy atom. The molecule has 1 aromatic heterocycles. The van der Waals surface area contributed by atoms with Crippen LogP contribution in [0.4, 0.5) is 0 Å². The van der Waals surface area contributed by atoms with Crippen molar-refractivity contribution in [3.05, 3.63) is 41.2 Å². The van der Waals surface area contributed by atoms with Gasteiger partial charge in [0.05, 0.1) is 0 Å². The number of hydrogen-bond acceptors (Lipinski definition) is 4. The Balaban J connectivity index is 1.88. The summed E-state index contributed by atoms with van der Waals surface area (Å²) in [6.45, 7) is 7.68. The fraction of sp³-hybridized carbons (Fsp3) is 0.556. The van der Waals surface area contributed by atoms with Crippen LogP contribution < -0.4 is 0 Å². The van der Waals surface area contributed by atoms with E-state index >= 15 is 0 Å². The summed E-state index contributed by atoms with van der Waals surface area (Å²) >= 11 is 0. The van der Waals surface area contributed by atoms with E-state index in [1.807, 2.05) is 9.58 Å². The molecule has 0 N–H and O–H groups in total. The normalized spacial score (nSPS) is 20.8. The molecule has 0 bridgehead atoms. The number of unbranched alkanes of at least 4 members (excludes halogenated alkanes) is 1. The minimum absolute atomic E-state index is 0.170. The maximum atomic E-state index is 12.5. The van der Waals surface area contributed by atoms with E-state index in [1.54, 1.807) is 0 Å². The largest absolute Gasteiger partial charge is 0.326 e. The second kappa shape index (κ2) is 6.71. The molecule has 3 rings (SSSR count). The zero-order valence-electron chi connectivity index (χ0n) is 14.7. The molecule has 0 aliphatic carbocycles. The fourth-order valence-corrected chi connectivity index (χ4v) is 3.32. The first kappa shape index (κ1) is 16.6. The van der Waals surface area contributed by atoms with Crippen LogP contribution in [0.2, 0.25) is 0 Å². The zero-order valence-corrected chi connectivity index (χ0v) is 14.7. The zero-order chi connectivity index (χ0) is 17.2. The molecule has 1 unspecified atom stereocenters. The molecular weight excluding hydrogens is 302 g/mol. The first-order valence-electron chi connectivity index (χ1n) is 8.67. The summed E-state index contributed by atoms with van der Waals surface area (Å²) in [5.41, 5.74) is 1.91. The van der Waals surface area contributed by atoms with Crippen LogP contribution >= 0.6 is 0 Å². The summed E-state index contributed by atoms with van der Waals surface area (Å²) in [4.78, 5) is 14.5. The number of likely N-dealkylation sites (tertiary alicyclic amines) is 1. The van der Waals surface area contributed by atoms with Gasteiger partial charge >= 0.3 is 0 Å². The molecule has 6 heteroatoms. The monoisotopic (exact) mass is 327 g/mol. The molecule has 2 aromatic rings. The molecule has 6 nitrogen and oxygen atoms in total. The van der Waals surface area contributed by atoms with Crippen molar-refractivity contribution in [1.29, 1.82) is 0 Å². The predicted molar refractivity (Wildman–Crippen MR) is 91.0 cm³/mol. The highest BCUT2D eigenvalue weighted by Crippen LogP contribution is 2.39. The summed E-state index contributed by atoms with van der Waals surface area (Å²) in [5, 5.41) is 12.3. The predicted octanol–water partition coefficient (Wildman–Crippen LogP) is 2.82. The molecule has 0 saturated carbocycles. The third kappa shape index (κ3) is 3.05. The van der Waals surface area contributed by atoms with E-state index in [-0.39, 0.29) is 5.91 Å². The highest BCUT2D eigenvalue weighted by Gasteiger charge is 2.46. The smallest absolute Gasteiger partial charge is 0.223 e. The summed E-state index contributed by atoms with van der Waals surface area (Å²) in [5.74, 6) is 0.969. The average molecular weight is 327 g/mol. The van der Waals surface area contributed by atoms with Crippen LogP contribution in [-0.2, 0) is 23.4 Å². The molecule has 1 fully saturated rings. The van der Waals surface area contributed by atoms with Crippen LogP contribution in [-0.4, -0.2) is 31.0 Å². The number of carbonyl (C=O) groups excluding carboxylic acids is 1. The highest BCUT2D eigenvalue weighted by atomic mass is 16.2. The topological polar surface area (TPSA) is 63.9 Å². The molecule has 0 radical (unpaired) electrons.